The highest BCUT2D eigenvalue weighted by Crippen LogP contribution is 2.17. The van der Waals surface area contributed by atoms with Crippen molar-refractivity contribution in [2.24, 2.45) is 0 Å². The molecule has 1 aromatic rings. The summed E-state index contributed by atoms with van der Waals surface area (Å²) in [6.07, 6.45) is 2.70. The summed E-state index contributed by atoms with van der Waals surface area (Å²) in [6.45, 7) is 0.845. The van der Waals surface area contributed by atoms with Crippen LogP contribution in [0.1, 0.15) is 31.2 Å². The van der Waals surface area contributed by atoms with E-state index in [0.717, 1.165) is 24.8 Å². The third-order valence-electron chi connectivity index (χ3n) is 3.76. The molecule has 0 bridgehead atoms. The number of carbonyl (C=O) groups is 2. The van der Waals surface area contributed by atoms with Gasteiger partial charge in [0.2, 0.25) is 0 Å². The molecule has 1 aliphatic rings. The summed E-state index contributed by atoms with van der Waals surface area (Å²) >= 11 is 0. The molecular weight excluding hydrogens is 298 g/mol. The Morgan fingerprint density at radius 1 is 1.30 bits per heavy atom. The standard InChI is InChI=1S/C17H23NO5/c1-21-16(19)15(11-14-9-5-6-10-22-14)18-17(20)23-12-13-7-3-2-4-8-13/h2-4,7-8,14-15H,5-6,9-12H2,1H3,(H,18,20)/t14?,15-/m1/s1. The first-order valence-corrected chi connectivity index (χ1v) is 7.85. The van der Waals surface area contributed by atoms with Gasteiger partial charge in [-0.15, -0.1) is 0 Å². The van der Waals surface area contributed by atoms with Gasteiger partial charge < -0.3 is 19.5 Å². The summed E-state index contributed by atoms with van der Waals surface area (Å²) < 4.78 is 15.5. The molecule has 1 unspecified atom stereocenters. The number of alkyl carbamates (subject to hydrolysis) is 1. The van der Waals surface area contributed by atoms with Crippen molar-refractivity contribution in [1.29, 1.82) is 0 Å². The van der Waals surface area contributed by atoms with Crippen LogP contribution in [0.4, 0.5) is 4.79 Å². The van der Waals surface area contributed by atoms with Crippen molar-refractivity contribution in [3.05, 3.63) is 35.9 Å². The number of nitrogens with one attached hydrogen (secondary N) is 1. The number of ether oxygens (including phenoxy) is 3. The van der Waals surface area contributed by atoms with Crippen molar-refractivity contribution >= 4 is 12.1 Å². The molecular formula is C17H23NO5. The van der Waals surface area contributed by atoms with Gasteiger partial charge in [0.1, 0.15) is 12.6 Å². The second kappa shape index (κ2) is 9.15. The maximum Gasteiger partial charge on any atom is 0.408 e. The fourth-order valence-corrected chi connectivity index (χ4v) is 2.52. The summed E-state index contributed by atoms with van der Waals surface area (Å²) in [7, 11) is 1.30. The van der Waals surface area contributed by atoms with Crippen molar-refractivity contribution in [2.75, 3.05) is 13.7 Å². The van der Waals surface area contributed by atoms with Gasteiger partial charge in [-0.3, -0.25) is 0 Å². The van der Waals surface area contributed by atoms with Crippen LogP contribution in [0.3, 0.4) is 0 Å². The number of carbonyl (C=O) groups excluding carboxylic acids is 2. The van der Waals surface area contributed by atoms with Crippen LogP contribution in [0, 0.1) is 0 Å². The Hall–Kier alpha value is -2.08. The zero-order valence-corrected chi connectivity index (χ0v) is 13.3. The number of hydrogen-bond donors (Lipinski definition) is 1. The molecule has 2 atom stereocenters. The molecule has 1 heterocycles. The molecule has 2 rings (SSSR count). The first-order chi connectivity index (χ1) is 11.2. The molecule has 1 aromatic carbocycles. The molecule has 1 N–H and O–H groups in total. The topological polar surface area (TPSA) is 73.9 Å². The smallest absolute Gasteiger partial charge is 0.408 e. The maximum atomic E-state index is 11.9. The lowest BCUT2D eigenvalue weighted by Gasteiger charge is -2.26. The number of methoxy groups -OCH3 is 1. The van der Waals surface area contributed by atoms with Crippen LogP contribution >= 0.6 is 0 Å². The largest absolute Gasteiger partial charge is 0.467 e. The van der Waals surface area contributed by atoms with Crippen molar-refractivity contribution in [2.45, 2.75) is 44.4 Å². The molecule has 0 radical (unpaired) electrons. The van der Waals surface area contributed by atoms with Gasteiger partial charge in [0.05, 0.1) is 13.2 Å². The predicted octanol–water partition coefficient (Wildman–Crippen LogP) is 2.41. The van der Waals surface area contributed by atoms with E-state index < -0.39 is 18.1 Å². The third-order valence-corrected chi connectivity index (χ3v) is 3.76. The Balaban J connectivity index is 1.83. The Bertz CT molecular complexity index is 499. The summed E-state index contributed by atoms with van der Waals surface area (Å²) in [5, 5.41) is 2.57. The van der Waals surface area contributed by atoms with Gasteiger partial charge in [-0.1, -0.05) is 30.3 Å². The Labute approximate surface area is 136 Å². The highest BCUT2D eigenvalue weighted by atomic mass is 16.6. The van der Waals surface area contributed by atoms with E-state index in [4.69, 9.17) is 14.2 Å². The predicted molar refractivity (Wildman–Crippen MR) is 83.8 cm³/mol. The van der Waals surface area contributed by atoms with Crippen molar-refractivity contribution < 1.29 is 23.8 Å². The molecule has 126 valence electrons. The van der Waals surface area contributed by atoms with E-state index in [9.17, 15) is 9.59 Å². The minimum absolute atomic E-state index is 0.0396. The van der Waals surface area contributed by atoms with Crippen LogP contribution in [0.25, 0.3) is 0 Å². The van der Waals surface area contributed by atoms with Crippen molar-refractivity contribution in [1.82, 2.24) is 5.32 Å². The summed E-state index contributed by atoms with van der Waals surface area (Å²) in [5.74, 6) is -0.490. The summed E-state index contributed by atoms with van der Waals surface area (Å²) in [6, 6.07) is 8.59. The molecule has 0 spiro atoms. The van der Waals surface area contributed by atoms with Gasteiger partial charge in [-0.2, -0.15) is 0 Å². The number of rotatable bonds is 6. The second-order valence-corrected chi connectivity index (χ2v) is 5.51. The number of benzene rings is 1. The van der Waals surface area contributed by atoms with Crippen molar-refractivity contribution in [3.8, 4) is 0 Å². The molecule has 1 saturated heterocycles. The van der Waals surface area contributed by atoms with E-state index in [0.29, 0.717) is 13.0 Å². The van der Waals surface area contributed by atoms with E-state index in [1.54, 1.807) is 0 Å². The van der Waals surface area contributed by atoms with Gasteiger partial charge in [0, 0.05) is 13.0 Å². The molecule has 6 nitrogen and oxygen atoms in total. The zero-order chi connectivity index (χ0) is 16.5. The van der Waals surface area contributed by atoms with Crippen molar-refractivity contribution in [3.63, 3.8) is 0 Å². The molecule has 1 amide bonds. The molecule has 0 aromatic heterocycles. The van der Waals surface area contributed by atoms with Crippen LogP contribution in [-0.4, -0.2) is 37.9 Å². The van der Waals surface area contributed by atoms with Gasteiger partial charge in [-0.25, -0.2) is 9.59 Å². The normalized spacial score (nSPS) is 18.7. The van der Waals surface area contributed by atoms with Crippen LogP contribution < -0.4 is 5.32 Å². The first-order valence-electron chi connectivity index (χ1n) is 7.85. The Morgan fingerprint density at radius 3 is 2.74 bits per heavy atom. The van der Waals surface area contributed by atoms with Crippen LogP contribution in [0.2, 0.25) is 0 Å². The summed E-state index contributed by atoms with van der Waals surface area (Å²) in [5.41, 5.74) is 0.882. The lowest BCUT2D eigenvalue weighted by atomic mass is 10.0. The minimum atomic E-state index is -0.758. The fraction of sp³-hybridized carbons (Fsp3) is 0.529. The van der Waals surface area contributed by atoms with Gasteiger partial charge in [0.25, 0.3) is 0 Å². The van der Waals surface area contributed by atoms with Crippen LogP contribution in [0.5, 0.6) is 0 Å². The van der Waals surface area contributed by atoms with Gasteiger partial charge in [-0.05, 0) is 24.8 Å². The minimum Gasteiger partial charge on any atom is -0.467 e. The summed E-state index contributed by atoms with van der Waals surface area (Å²) in [4.78, 5) is 23.8. The molecule has 1 aliphatic heterocycles. The van der Waals surface area contributed by atoms with E-state index in [-0.39, 0.29) is 12.7 Å². The molecule has 0 saturated carbocycles. The zero-order valence-electron chi connectivity index (χ0n) is 13.3. The third kappa shape index (κ3) is 5.90. The van der Waals surface area contributed by atoms with Gasteiger partial charge >= 0.3 is 12.1 Å². The quantitative estimate of drug-likeness (QED) is 0.815. The van der Waals surface area contributed by atoms with E-state index in [1.807, 2.05) is 30.3 Å². The fourth-order valence-electron chi connectivity index (χ4n) is 2.52. The Kier molecular flexibility index (Phi) is 6.87. The van der Waals surface area contributed by atoms with E-state index in [1.165, 1.54) is 7.11 Å². The molecule has 6 heteroatoms. The average molecular weight is 321 g/mol. The Morgan fingerprint density at radius 2 is 2.09 bits per heavy atom. The lowest BCUT2D eigenvalue weighted by molar-refractivity contribution is -0.144. The lowest BCUT2D eigenvalue weighted by Crippen LogP contribution is -2.44. The highest BCUT2D eigenvalue weighted by molar-refractivity contribution is 5.81. The van der Waals surface area contributed by atoms with Crippen LogP contribution in [0.15, 0.2) is 30.3 Å². The average Bonchev–Trinajstić information content (AvgIpc) is 2.60. The number of amides is 1. The monoisotopic (exact) mass is 321 g/mol. The van der Waals surface area contributed by atoms with E-state index >= 15 is 0 Å². The molecule has 1 fully saturated rings. The van der Waals surface area contributed by atoms with Crippen LogP contribution in [-0.2, 0) is 25.6 Å². The van der Waals surface area contributed by atoms with E-state index in [2.05, 4.69) is 5.32 Å². The highest BCUT2D eigenvalue weighted by Gasteiger charge is 2.27. The maximum absolute atomic E-state index is 11.9. The first kappa shape index (κ1) is 17.3. The number of hydrogen-bond acceptors (Lipinski definition) is 5. The second-order valence-electron chi connectivity index (χ2n) is 5.51. The SMILES string of the molecule is COC(=O)[C@@H](CC1CCCCO1)NC(=O)OCc1ccccc1. The van der Waals surface area contributed by atoms with Gasteiger partial charge in [0.15, 0.2) is 0 Å². The number of esters is 1. The molecule has 0 aliphatic carbocycles. The molecule has 23 heavy (non-hydrogen) atoms.